The lowest BCUT2D eigenvalue weighted by molar-refractivity contribution is -0.139. The maximum absolute atomic E-state index is 13.0. The molecule has 3 N–H and O–H groups in total. The number of nitrogens with zero attached hydrogens (tertiary/aromatic N) is 3. The smallest absolute Gasteiger partial charge is 0.342 e. The summed E-state index contributed by atoms with van der Waals surface area (Å²) in [7, 11) is 1.84. The maximum Gasteiger partial charge on any atom is 0.342 e. The molecule has 1 fully saturated rings. The van der Waals surface area contributed by atoms with Crippen molar-refractivity contribution in [1.82, 2.24) is 25.1 Å². The zero-order chi connectivity index (χ0) is 26.9. The number of halogens is 3. The van der Waals surface area contributed by atoms with E-state index in [4.69, 9.17) is 5.11 Å². The minimum atomic E-state index is -3.17. The van der Waals surface area contributed by atoms with Crippen molar-refractivity contribution in [3.63, 3.8) is 0 Å². The molecule has 1 aliphatic rings. The van der Waals surface area contributed by atoms with Crippen LogP contribution in [0.5, 0.6) is 0 Å². The fraction of sp³-hybridized carbons (Fsp3) is 0.360. The molecule has 3 heterocycles. The van der Waals surface area contributed by atoms with E-state index in [1.165, 1.54) is 0 Å². The Morgan fingerprint density at radius 1 is 1.35 bits per heavy atom. The monoisotopic (exact) mass is 579 g/mol. The van der Waals surface area contributed by atoms with E-state index in [2.05, 4.69) is 31.2 Å². The summed E-state index contributed by atoms with van der Waals surface area (Å²) in [4.78, 5) is 48.1. The van der Waals surface area contributed by atoms with Crippen LogP contribution in [0.3, 0.4) is 0 Å². The topological polar surface area (TPSA) is 119 Å². The quantitative estimate of drug-likeness (QED) is 0.353. The lowest BCUT2D eigenvalue weighted by atomic mass is 10.1. The van der Waals surface area contributed by atoms with Crippen LogP contribution in [0.1, 0.15) is 34.5 Å². The molecular weight excluding hydrogens is 552 g/mol. The number of likely N-dealkylation sites (tertiary alicyclic amines) is 1. The zero-order valence-electron chi connectivity index (χ0n) is 20.2. The van der Waals surface area contributed by atoms with Crippen molar-refractivity contribution in [2.75, 3.05) is 20.1 Å². The molecule has 0 aliphatic carbocycles. The molecule has 9 nitrogen and oxygen atoms in total. The number of hydrogen-bond acceptors (Lipinski definition) is 6. The van der Waals surface area contributed by atoms with Crippen molar-refractivity contribution in [3.8, 4) is 0 Å². The molecule has 0 saturated carbocycles. The average Bonchev–Trinajstić information content (AvgIpc) is 3.49. The molecule has 4 rings (SSSR count). The highest BCUT2D eigenvalue weighted by molar-refractivity contribution is 9.10. The number of aliphatic hydroxyl groups is 1. The van der Waals surface area contributed by atoms with Crippen LogP contribution < -0.4 is 5.32 Å². The number of amides is 2. The Bertz CT molecular complexity index is 1200. The van der Waals surface area contributed by atoms with Gasteiger partial charge in [-0.05, 0) is 49.7 Å². The predicted octanol–water partition coefficient (Wildman–Crippen LogP) is 3.08. The van der Waals surface area contributed by atoms with E-state index in [-0.39, 0.29) is 18.4 Å². The van der Waals surface area contributed by atoms with Gasteiger partial charge in [-0.2, -0.15) is 8.78 Å². The molecule has 0 radical (unpaired) electrons. The van der Waals surface area contributed by atoms with Crippen molar-refractivity contribution in [1.29, 1.82) is 0 Å². The minimum Gasteiger partial charge on any atom is -0.357 e. The second-order valence-corrected chi connectivity index (χ2v) is 9.55. The highest BCUT2D eigenvalue weighted by atomic mass is 79.9. The Morgan fingerprint density at radius 2 is 2.11 bits per heavy atom. The SMILES string of the molecule is CN(CC(=O)N1CCCC1C(=O)NCc1cc2cnccc2[nH]1)Cc1cc(Br)ccc1C=O.OC(F)F. The molecule has 0 spiro atoms. The van der Waals surface area contributed by atoms with E-state index < -0.39 is 12.7 Å². The number of H-pyrrole nitrogens is 1. The highest BCUT2D eigenvalue weighted by Gasteiger charge is 2.34. The molecule has 2 aromatic heterocycles. The number of rotatable bonds is 8. The number of aliphatic hydroxyl groups excluding tert-OH is 1. The van der Waals surface area contributed by atoms with Crippen molar-refractivity contribution in [2.45, 2.75) is 38.6 Å². The minimum absolute atomic E-state index is 0.0884. The first kappa shape index (κ1) is 28.4. The molecule has 1 aromatic carbocycles. The molecule has 0 bridgehead atoms. The van der Waals surface area contributed by atoms with Gasteiger partial charge in [0.05, 0.1) is 13.1 Å². The number of carbonyl (C=O) groups is 3. The van der Waals surface area contributed by atoms with Gasteiger partial charge < -0.3 is 20.3 Å². The summed E-state index contributed by atoms with van der Waals surface area (Å²) in [6.45, 7) is -1.61. The number of aromatic amines is 1. The van der Waals surface area contributed by atoms with Gasteiger partial charge in [0.1, 0.15) is 12.3 Å². The van der Waals surface area contributed by atoms with Crippen molar-refractivity contribution in [2.24, 2.45) is 0 Å². The van der Waals surface area contributed by atoms with Crippen LogP contribution in [0.4, 0.5) is 8.78 Å². The number of aldehydes is 1. The maximum atomic E-state index is 13.0. The van der Waals surface area contributed by atoms with Gasteiger partial charge in [0, 0.05) is 52.1 Å². The number of likely N-dealkylation sites (N-methyl/N-ethyl adjacent to an activating group) is 1. The van der Waals surface area contributed by atoms with Crippen LogP contribution in [-0.4, -0.2) is 75.8 Å². The van der Waals surface area contributed by atoms with Crippen molar-refractivity contribution < 1.29 is 28.3 Å². The summed E-state index contributed by atoms with van der Waals surface area (Å²) in [5, 5.41) is 10.7. The summed E-state index contributed by atoms with van der Waals surface area (Å²) in [5.41, 5.74) is 3.31. The number of hydrogen-bond donors (Lipinski definition) is 3. The fourth-order valence-electron chi connectivity index (χ4n) is 4.26. The Balaban J connectivity index is 0.000000886. The Kier molecular flexibility index (Phi) is 10.2. The summed E-state index contributed by atoms with van der Waals surface area (Å²) < 4.78 is 20.7. The van der Waals surface area contributed by atoms with Crippen LogP contribution >= 0.6 is 15.9 Å². The molecule has 37 heavy (non-hydrogen) atoms. The summed E-state index contributed by atoms with van der Waals surface area (Å²) >= 11 is 3.43. The molecule has 1 saturated heterocycles. The van der Waals surface area contributed by atoms with Gasteiger partial charge in [0.15, 0.2) is 0 Å². The number of aromatic nitrogens is 2. The first-order valence-corrected chi connectivity index (χ1v) is 12.3. The van der Waals surface area contributed by atoms with E-state index in [1.54, 1.807) is 23.4 Å². The number of carbonyl (C=O) groups excluding carboxylic acids is 3. The molecule has 1 aliphatic heterocycles. The predicted molar refractivity (Wildman–Crippen MR) is 137 cm³/mol. The van der Waals surface area contributed by atoms with E-state index in [0.29, 0.717) is 31.6 Å². The van der Waals surface area contributed by atoms with E-state index in [0.717, 1.165) is 39.3 Å². The normalized spacial score (nSPS) is 15.1. The van der Waals surface area contributed by atoms with E-state index in [9.17, 15) is 23.2 Å². The number of pyridine rings is 1. The van der Waals surface area contributed by atoms with Crippen molar-refractivity contribution >= 4 is 44.9 Å². The molecule has 12 heteroatoms. The number of fused-ring (bicyclic) bond motifs is 1. The fourth-order valence-corrected chi connectivity index (χ4v) is 4.67. The summed E-state index contributed by atoms with van der Waals surface area (Å²) in [6, 6.07) is 8.85. The molecular formula is C25H28BrF2N5O4. The summed E-state index contributed by atoms with van der Waals surface area (Å²) in [5.74, 6) is -0.231. The molecule has 3 aromatic rings. The number of nitrogens with one attached hydrogen (secondary N) is 2. The summed E-state index contributed by atoms with van der Waals surface area (Å²) in [6.07, 6.45) is 5.77. The largest absolute Gasteiger partial charge is 0.357 e. The van der Waals surface area contributed by atoms with Crippen LogP contribution in [0, 0.1) is 0 Å². The average molecular weight is 580 g/mol. The van der Waals surface area contributed by atoms with Gasteiger partial charge in [-0.25, -0.2) is 0 Å². The Labute approximate surface area is 221 Å². The standard InChI is InChI=1S/C24H26BrN5O3.CH2F2O/c1-29(13-18-9-19(25)5-4-16(18)15-31)14-23(32)30-8-2-3-22(30)24(33)27-12-20-10-17-11-26-7-6-21(17)28-20;2-1(3)4/h4-7,9-11,15,22,28H,2-3,8,12-14H2,1H3,(H,27,33);1,4H. The zero-order valence-corrected chi connectivity index (χ0v) is 21.7. The second kappa shape index (κ2) is 13.4. The first-order valence-electron chi connectivity index (χ1n) is 11.5. The van der Waals surface area contributed by atoms with Crippen LogP contribution in [0.2, 0.25) is 0 Å². The van der Waals surface area contributed by atoms with Gasteiger partial charge in [0.25, 0.3) is 0 Å². The number of benzene rings is 1. The third-order valence-corrected chi connectivity index (χ3v) is 6.38. The van der Waals surface area contributed by atoms with Gasteiger partial charge in [-0.1, -0.05) is 22.0 Å². The Morgan fingerprint density at radius 3 is 2.81 bits per heavy atom. The molecule has 2 amide bonds. The van der Waals surface area contributed by atoms with Gasteiger partial charge in [-0.15, -0.1) is 0 Å². The number of alkyl halides is 2. The third kappa shape index (κ3) is 8.14. The van der Waals surface area contributed by atoms with E-state index >= 15 is 0 Å². The molecule has 1 unspecified atom stereocenters. The second-order valence-electron chi connectivity index (χ2n) is 8.63. The lowest BCUT2D eigenvalue weighted by Crippen LogP contribution is -2.48. The highest BCUT2D eigenvalue weighted by Crippen LogP contribution is 2.20. The van der Waals surface area contributed by atoms with Crippen LogP contribution in [0.15, 0.2) is 47.2 Å². The molecule has 1 atom stereocenters. The van der Waals surface area contributed by atoms with Crippen LogP contribution in [-0.2, 0) is 22.7 Å². The van der Waals surface area contributed by atoms with E-state index in [1.807, 2.05) is 36.2 Å². The van der Waals surface area contributed by atoms with Gasteiger partial charge in [0.2, 0.25) is 11.8 Å². The Hall–Kier alpha value is -3.22. The van der Waals surface area contributed by atoms with Gasteiger partial charge in [-0.3, -0.25) is 24.3 Å². The van der Waals surface area contributed by atoms with Crippen LogP contribution in [0.25, 0.3) is 10.9 Å². The third-order valence-electron chi connectivity index (χ3n) is 5.88. The first-order chi connectivity index (χ1) is 17.7. The van der Waals surface area contributed by atoms with Gasteiger partial charge >= 0.3 is 6.61 Å². The molecule has 198 valence electrons. The van der Waals surface area contributed by atoms with Crippen molar-refractivity contribution in [3.05, 3.63) is 64.0 Å². The lowest BCUT2D eigenvalue weighted by Gasteiger charge is -2.26.